The topological polar surface area (TPSA) is 22.1 Å². The molecule has 0 atom stereocenters. The monoisotopic (exact) mass is 375 g/mol. The summed E-state index contributed by atoms with van der Waals surface area (Å²) in [5.41, 5.74) is 2.06. The van der Waals surface area contributed by atoms with Gasteiger partial charge in [0.05, 0.1) is 0 Å². The SMILES string of the molecule is c1ccc2c(c1)Oc1c(cccc1-c1nccc3ccccc13)[Se]2. The van der Waals surface area contributed by atoms with Crippen LogP contribution in [0.25, 0.3) is 22.0 Å². The van der Waals surface area contributed by atoms with Crippen LogP contribution in [-0.2, 0) is 0 Å². The van der Waals surface area contributed by atoms with E-state index in [4.69, 9.17) is 4.74 Å². The zero-order valence-corrected chi connectivity index (χ0v) is 14.5. The second-order valence-electron chi connectivity index (χ2n) is 5.66. The van der Waals surface area contributed by atoms with Crippen molar-refractivity contribution in [2.24, 2.45) is 0 Å². The van der Waals surface area contributed by atoms with Crippen LogP contribution in [0.4, 0.5) is 0 Å². The summed E-state index contributed by atoms with van der Waals surface area (Å²) in [6.07, 6.45) is 1.87. The van der Waals surface area contributed by atoms with Crippen LogP contribution in [0.3, 0.4) is 0 Å². The van der Waals surface area contributed by atoms with Crippen LogP contribution in [0.15, 0.2) is 79.0 Å². The molecule has 2 heterocycles. The van der Waals surface area contributed by atoms with E-state index in [0.717, 1.165) is 28.1 Å². The van der Waals surface area contributed by atoms with Crippen LogP contribution in [0.5, 0.6) is 11.5 Å². The summed E-state index contributed by atoms with van der Waals surface area (Å²) < 4.78 is 8.85. The molecule has 0 radical (unpaired) electrons. The number of para-hydroxylation sites is 2. The summed E-state index contributed by atoms with van der Waals surface area (Å²) in [5.74, 6) is 1.93. The third kappa shape index (κ3) is 2.14. The third-order valence-electron chi connectivity index (χ3n) is 4.19. The Hall–Kier alpha value is -2.61. The van der Waals surface area contributed by atoms with E-state index < -0.39 is 0 Å². The molecule has 0 aliphatic carbocycles. The van der Waals surface area contributed by atoms with Gasteiger partial charge in [-0.05, 0) is 0 Å². The molecule has 0 fully saturated rings. The number of hydrogen-bond acceptors (Lipinski definition) is 2. The summed E-state index contributed by atoms with van der Waals surface area (Å²) in [5, 5.41) is 2.35. The molecule has 3 aromatic carbocycles. The predicted molar refractivity (Wildman–Crippen MR) is 98.7 cm³/mol. The van der Waals surface area contributed by atoms with Crippen molar-refractivity contribution in [3.63, 3.8) is 0 Å². The van der Waals surface area contributed by atoms with Gasteiger partial charge in [-0.3, -0.25) is 0 Å². The van der Waals surface area contributed by atoms with Gasteiger partial charge in [0.1, 0.15) is 0 Å². The van der Waals surface area contributed by atoms with E-state index in [1.54, 1.807) is 0 Å². The fraction of sp³-hybridized carbons (Fsp3) is 0. The number of fused-ring (bicyclic) bond motifs is 3. The molecule has 2 nitrogen and oxygen atoms in total. The van der Waals surface area contributed by atoms with E-state index in [1.165, 1.54) is 14.3 Å². The van der Waals surface area contributed by atoms with Crippen LogP contribution in [0, 0.1) is 0 Å². The van der Waals surface area contributed by atoms with Crippen molar-refractivity contribution in [3.8, 4) is 22.8 Å². The van der Waals surface area contributed by atoms with Gasteiger partial charge in [0.25, 0.3) is 0 Å². The minimum absolute atomic E-state index is 0.255. The van der Waals surface area contributed by atoms with Crippen LogP contribution in [0.2, 0.25) is 0 Å². The molecule has 4 aromatic rings. The molecule has 0 saturated carbocycles. The van der Waals surface area contributed by atoms with Crippen LogP contribution in [-0.4, -0.2) is 19.9 Å². The standard InChI is InChI=1S/C21H13NOSe/c1-2-7-15-14(6-1)12-13-22-20(15)16-8-5-11-19-21(16)23-17-9-3-4-10-18(17)24-19/h1-13H. The number of rotatable bonds is 1. The summed E-state index contributed by atoms with van der Waals surface area (Å²) in [6, 6.07) is 25.1. The molecule has 0 bridgehead atoms. The van der Waals surface area contributed by atoms with E-state index in [2.05, 4.69) is 59.6 Å². The van der Waals surface area contributed by atoms with Crippen molar-refractivity contribution in [3.05, 3.63) is 79.0 Å². The molecule has 24 heavy (non-hydrogen) atoms. The van der Waals surface area contributed by atoms with Crippen LogP contribution in [0.1, 0.15) is 0 Å². The van der Waals surface area contributed by atoms with Crippen LogP contribution >= 0.6 is 0 Å². The van der Waals surface area contributed by atoms with Crippen molar-refractivity contribution in [2.75, 3.05) is 0 Å². The van der Waals surface area contributed by atoms with E-state index in [1.807, 2.05) is 24.4 Å². The van der Waals surface area contributed by atoms with Gasteiger partial charge in [-0.25, -0.2) is 0 Å². The molecular weight excluding hydrogens is 361 g/mol. The normalized spacial score (nSPS) is 12.3. The Balaban J connectivity index is 1.74. The molecule has 1 aliphatic heterocycles. The van der Waals surface area contributed by atoms with Gasteiger partial charge >= 0.3 is 146 Å². The van der Waals surface area contributed by atoms with Gasteiger partial charge in [-0.2, -0.15) is 0 Å². The first kappa shape index (κ1) is 13.8. The predicted octanol–water partition coefficient (Wildman–Crippen LogP) is 3.66. The maximum atomic E-state index is 6.29. The van der Waals surface area contributed by atoms with Gasteiger partial charge in [0, 0.05) is 0 Å². The second-order valence-corrected chi connectivity index (χ2v) is 7.94. The first-order valence-corrected chi connectivity index (χ1v) is 9.53. The summed E-state index contributed by atoms with van der Waals surface area (Å²) in [7, 11) is 0. The van der Waals surface area contributed by atoms with Gasteiger partial charge in [0.15, 0.2) is 0 Å². The summed E-state index contributed by atoms with van der Waals surface area (Å²) in [6.45, 7) is 0. The average molecular weight is 374 g/mol. The number of ether oxygens (including phenoxy) is 1. The quantitative estimate of drug-likeness (QED) is 0.418. The van der Waals surface area contributed by atoms with Crippen molar-refractivity contribution < 1.29 is 4.74 Å². The van der Waals surface area contributed by atoms with Gasteiger partial charge in [0.2, 0.25) is 0 Å². The third-order valence-corrected chi connectivity index (χ3v) is 6.49. The molecule has 0 amide bonds. The maximum absolute atomic E-state index is 6.29. The first-order valence-electron chi connectivity index (χ1n) is 7.82. The number of nitrogens with zero attached hydrogens (tertiary/aromatic N) is 1. The Morgan fingerprint density at radius 1 is 0.750 bits per heavy atom. The number of pyridine rings is 1. The minimum atomic E-state index is 0.255. The molecule has 0 saturated heterocycles. The Morgan fingerprint density at radius 3 is 2.58 bits per heavy atom. The Bertz CT molecular complexity index is 1070. The zero-order chi connectivity index (χ0) is 15.9. The first-order chi connectivity index (χ1) is 11.9. The number of hydrogen-bond donors (Lipinski definition) is 0. The average Bonchev–Trinajstić information content (AvgIpc) is 2.65. The summed E-state index contributed by atoms with van der Waals surface area (Å²) >= 11 is 0.255. The van der Waals surface area contributed by atoms with Gasteiger partial charge in [-0.1, -0.05) is 0 Å². The molecule has 114 valence electrons. The molecule has 1 aliphatic rings. The Labute approximate surface area is 146 Å². The van der Waals surface area contributed by atoms with E-state index >= 15 is 0 Å². The fourth-order valence-corrected chi connectivity index (χ4v) is 5.14. The molecular formula is C21H13NOSe. The number of benzene rings is 3. The molecule has 1 aromatic heterocycles. The van der Waals surface area contributed by atoms with Crippen molar-refractivity contribution >= 4 is 34.7 Å². The van der Waals surface area contributed by atoms with E-state index in [9.17, 15) is 0 Å². The zero-order valence-electron chi connectivity index (χ0n) is 12.8. The van der Waals surface area contributed by atoms with Gasteiger partial charge in [-0.15, -0.1) is 0 Å². The van der Waals surface area contributed by atoms with Crippen molar-refractivity contribution in [1.29, 1.82) is 0 Å². The van der Waals surface area contributed by atoms with Crippen molar-refractivity contribution in [2.45, 2.75) is 0 Å². The molecule has 5 rings (SSSR count). The molecule has 0 spiro atoms. The fourth-order valence-electron chi connectivity index (χ4n) is 3.07. The molecule has 0 unspecified atom stereocenters. The van der Waals surface area contributed by atoms with Crippen molar-refractivity contribution in [1.82, 2.24) is 4.98 Å². The Kier molecular flexibility index (Phi) is 3.15. The van der Waals surface area contributed by atoms with Gasteiger partial charge < -0.3 is 0 Å². The molecule has 3 heteroatoms. The van der Waals surface area contributed by atoms with E-state index in [0.29, 0.717) is 0 Å². The molecule has 0 N–H and O–H groups in total. The Morgan fingerprint density at radius 2 is 1.58 bits per heavy atom. The van der Waals surface area contributed by atoms with Crippen LogP contribution < -0.4 is 13.7 Å². The summed E-state index contributed by atoms with van der Waals surface area (Å²) in [4.78, 5) is 4.67. The number of aromatic nitrogens is 1. The second kappa shape index (κ2) is 5.48. The van der Waals surface area contributed by atoms with E-state index in [-0.39, 0.29) is 15.0 Å².